The lowest BCUT2D eigenvalue weighted by Gasteiger charge is -2.43. The molecule has 0 saturated carbocycles. The van der Waals surface area contributed by atoms with Crippen LogP contribution in [-0.4, -0.2) is 38.4 Å². The van der Waals surface area contributed by atoms with Gasteiger partial charge in [-0.15, -0.1) is 11.3 Å². The number of H-pyrrole nitrogens is 1. The molecule has 2 saturated heterocycles. The molecular weight excluding hydrogens is 398 g/mol. The number of nitrogens with zero attached hydrogens (tertiary/aromatic N) is 4. The number of piperidine rings is 2. The Bertz CT molecular complexity index is 1060. The van der Waals surface area contributed by atoms with Crippen molar-refractivity contribution in [2.24, 2.45) is 5.92 Å². The van der Waals surface area contributed by atoms with Crippen molar-refractivity contribution in [3.8, 4) is 12.1 Å². The number of thiophene rings is 1. The summed E-state index contributed by atoms with van der Waals surface area (Å²) >= 11 is 1.58. The van der Waals surface area contributed by atoms with Crippen molar-refractivity contribution in [2.45, 2.75) is 63.6 Å². The molecule has 3 aromatic heterocycles. The van der Waals surface area contributed by atoms with E-state index in [1.807, 2.05) is 24.4 Å². The second-order valence-electron chi connectivity index (χ2n) is 8.36. The molecule has 0 aromatic carbocycles. The maximum atomic E-state index is 8.87. The monoisotopic (exact) mass is 423 g/mol. The quantitative estimate of drug-likeness (QED) is 0.548. The standard InChI is InChI=1S/C21H25N7OS/c1-12-7-18(28-27-12)24-19-17-4-6-30-20(17)26-21(25-19)29-16-10-14-8-13(3-2-5-22)9-15(11-16)23-14/h4,6-7,13-16,23H,2-3,8-11H2,1H3,(H2,24,25,26,27,28). The van der Waals surface area contributed by atoms with Crippen LogP contribution in [0.15, 0.2) is 17.5 Å². The largest absolute Gasteiger partial charge is 0.460 e. The highest BCUT2D eigenvalue weighted by molar-refractivity contribution is 7.16. The van der Waals surface area contributed by atoms with Crippen molar-refractivity contribution in [3.05, 3.63) is 23.2 Å². The highest BCUT2D eigenvalue weighted by atomic mass is 32.1. The van der Waals surface area contributed by atoms with Gasteiger partial charge in [0.25, 0.3) is 0 Å². The minimum absolute atomic E-state index is 0.107. The zero-order chi connectivity index (χ0) is 20.5. The molecule has 3 N–H and O–H groups in total. The highest BCUT2D eigenvalue weighted by Gasteiger charge is 2.36. The predicted molar refractivity (Wildman–Crippen MR) is 116 cm³/mol. The van der Waals surface area contributed by atoms with Crippen LogP contribution in [0.4, 0.5) is 11.6 Å². The Labute approximate surface area is 179 Å². The van der Waals surface area contributed by atoms with Gasteiger partial charge in [-0.3, -0.25) is 5.10 Å². The second kappa shape index (κ2) is 8.20. The van der Waals surface area contributed by atoms with Crippen LogP contribution in [0.5, 0.6) is 6.01 Å². The van der Waals surface area contributed by atoms with Gasteiger partial charge in [-0.2, -0.15) is 20.3 Å². The lowest BCUT2D eigenvalue weighted by atomic mass is 9.77. The van der Waals surface area contributed by atoms with E-state index in [-0.39, 0.29) is 6.10 Å². The topological polar surface area (TPSA) is 112 Å². The molecule has 9 heteroatoms. The van der Waals surface area contributed by atoms with Crippen LogP contribution in [0, 0.1) is 24.2 Å². The molecule has 30 heavy (non-hydrogen) atoms. The molecule has 8 nitrogen and oxygen atoms in total. The molecule has 0 radical (unpaired) electrons. The molecule has 5 rings (SSSR count). The first-order valence-corrected chi connectivity index (χ1v) is 11.4. The molecule has 2 bridgehead atoms. The van der Waals surface area contributed by atoms with Crippen molar-refractivity contribution < 1.29 is 4.74 Å². The van der Waals surface area contributed by atoms with Crippen molar-refractivity contribution in [1.29, 1.82) is 5.26 Å². The van der Waals surface area contributed by atoms with Gasteiger partial charge < -0.3 is 15.4 Å². The van der Waals surface area contributed by atoms with Crippen LogP contribution >= 0.6 is 11.3 Å². The van der Waals surface area contributed by atoms with Crippen LogP contribution in [-0.2, 0) is 0 Å². The van der Waals surface area contributed by atoms with Gasteiger partial charge in [0, 0.05) is 30.3 Å². The number of aromatic nitrogens is 4. The Morgan fingerprint density at radius 1 is 1.27 bits per heavy atom. The Morgan fingerprint density at radius 3 is 2.83 bits per heavy atom. The second-order valence-corrected chi connectivity index (χ2v) is 9.26. The van der Waals surface area contributed by atoms with Crippen molar-refractivity contribution >= 4 is 33.2 Å². The molecule has 0 aliphatic carbocycles. The van der Waals surface area contributed by atoms with Gasteiger partial charge in [-0.1, -0.05) is 0 Å². The fourth-order valence-electron chi connectivity index (χ4n) is 4.77. The molecule has 2 aliphatic rings. The van der Waals surface area contributed by atoms with E-state index >= 15 is 0 Å². The molecule has 2 atom stereocenters. The maximum absolute atomic E-state index is 8.87. The van der Waals surface area contributed by atoms with Crippen molar-refractivity contribution in [3.63, 3.8) is 0 Å². The number of anilines is 2. The van der Waals surface area contributed by atoms with Crippen LogP contribution in [0.25, 0.3) is 10.2 Å². The van der Waals surface area contributed by atoms with Crippen LogP contribution in [0.1, 0.15) is 44.2 Å². The molecule has 3 aromatic rings. The smallest absolute Gasteiger partial charge is 0.320 e. The normalized spacial score (nSPS) is 25.7. The van der Waals surface area contributed by atoms with Crippen molar-refractivity contribution in [1.82, 2.24) is 25.5 Å². The van der Waals surface area contributed by atoms with Gasteiger partial charge in [0.15, 0.2) is 5.82 Å². The summed E-state index contributed by atoms with van der Waals surface area (Å²) in [7, 11) is 0. The van der Waals surface area contributed by atoms with E-state index in [0.29, 0.717) is 36.3 Å². The van der Waals surface area contributed by atoms with E-state index in [1.54, 1.807) is 11.3 Å². The van der Waals surface area contributed by atoms with Gasteiger partial charge in [0.1, 0.15) is 16.8 Å². The summed E-state index contributed by atoms with van der Waals surface area (Å²) in [4.78, 5) is 10.2. The number of nitriles is 1. The van der Waals surface area contributed by atoms with E-state index in [4.69, 9.17) is 10.00 Å². The lowest BCUT2D eigenvalue weighted by Crippen LogP contribution is -2.53. The summed E-state index contributed by atoms with van der Waals surface area (Å²) in [6.45, 7) is 1.96. The van der Waals surface area contributed by atoms with Crippen molar-refractivity contribution in [2.75, 3.05) is 5.32 Å². The highest BCUT2D eigenvalue weighted by Crippen LogP contribution is 2.35. The first kappa shape index (κ1) is 19.3. The van der Waals surface area contributed by atoms with E-state index in [2.05, 4.69) is 36.9 Å². The molecule has 2 unspecified atom stereocenters. The average molecular weight is 424 g/mol. The zero-order valence-corrected chi connectivity index (χ0v) is 17.7. The number of hydrogen-bond acceptors (Lipinski definition) is 8. The fraction of sp³-hybridized carbons (Fsp3) is 0.524. The van der Waals surface area contributed by atoms with Crippen LogP contribution in [0.2, 0.25) is 0 Å². The number of rotatable bonds is 6. The molecule has 5 heterocycles. The van der Waals surface area contributed by atoms with E-state index in [0.717, 1.165) is 53.8 Å². The Balaban J connectivity index is 1.31. The molecule has 0 amide bonds. The van der Waals surface area contributed by atoms with E-state index in [9.17, 15) is 0 Å². The lowest BCUT2D eigenvalue weighted by molar-refractivity contribution is 0.0667. The third kappa shape index (κ3) is 4.11. The minimum atomic E-state index is 0.107. The summed E-state index contributed by atoms with van der Waals surface area (Å²) in [6, 6.07) is 7.56. The minimum Gasteiger partial charge on any atom is -0.460 e. The number of ether oxygens (including phenoxy) is 1. The van der Waals surface area contributed by atoms with Gasteiger partial charge in [0.2, 0.25) is 0 Å². The van der Waals surface area contributed by atoms with Gasteiger partial charge in [-0.05, 0) is 56.4 Å². The van der Waals surface area contributed by atoms with E-state index in [1.165, 1.54) is 0 Å². The fourth-order valence-corrected chi connectivity index (χ4v) is 5.52. The zero-order valence-electron chi connectivity index (χ0n) is 16.9. The maximum Gasteiger partial charge on any atom is 0.320 e. The Kier molecular flexibility index (Phi) is 5.27. The molecule has 156 valence electrons. The SMILES string of the molecule is Cc1cc(Nc2nc(OC3CC4CC(CCC#N)CC(C3)N4)nc3sccc23)n[nH]1. The van der Waals surface area contributed by atoms with E-state index < -0.39 is 0 Å². The number of hydrogen-bond donors (Lipinski definition) is 3. The third-order valence-electron chi connectivity index (χ3n) is 6.00. The predicted octanol–water partition coefficient (Wildman–Crippen LogP) is 4.05. The first-order chi connectivity index (χ1) is 14.7. The van der Waals surface area contributed by atoms with Crippen LogP contribution in [0.3, 0.4) is 0 Å². The number of aromatic amines is 1. The average Bonchev–Trinajstić information content (AvgIpc) is 3.34. The van der Waals surface area contributed by atoms with Gasteiger partial charge >= 0.3 is 6.01 Å². The molecule has 2 fully saturated rings. The summed E-state index contributed by atoms with van der Waals surface area (Å²) in [5, 5.41) is 26.1. The summed E-state index contributed by atoms with van der Waals surface area (Å²) in [5.74, 6) is 2.09. The third-order valence-corrected chi connectivity index (χ3v) is 6.80. The number of nitrogens with one attached hydrogen (secondary N) is 3. The Morgan fingerprint density at radius 2 is 2.10 bits per heavy atom. The van der Waals surface area contributed by atoms with Gasteiger partial charge in [-0.25, -0.2) is 0 Å². The molecular formula is C21H25N7OS. The first-order valence-electron chi connectivity index (χ1n) is 10.5. The summed E-state index contributed by atoms with van der Waals surface area (Å²) in [6.07, 6.45) is 5.92. The van der Waals surface area contributed by atoms with Gasteiger partial charge in [0.05, 0.1) is 11.5 Å². The summed E-state index contributed by atoms with van der Waals surface area (Å²) < 4.78 is 6.29. The summed E-state index contributed by atoms with van der Waals surface area (Å²) in [5.41, 5.74) is 0.985. The molecule has 2 aliphatic heterocycles. The molecule has 0 spiro atoms. The number of aryl methyl sites for hydroxylation is 1. The number of fused-ring (bicyclic) bond motifs is 3. The Hall–Kier alpha value is -2.70. The van der Waals surface area contributed by atoms with Crippen LogP contribution < -0.4 is 15.4 Å².